The first-order valence-electron chi connectivity index (χ1n) is 5.73. The van der Waals surface area contributed by atoms with Gasteiger partial charge in [-0.2, -0.15) is 0 Å². The van der Waals surface area contributed by atoms with Crippen molar-refractivity contribution in [2.45, 2.75) is 0 Å². The average Bonchev–Trinajstić information content (AvgIpc) is 2.82. The number of carbonyl (C=O) groups excluding carboxylic acids is 1. The van der Waals surface area contributed by atoms with Gasteiger partial charge < -0.3 is 0 Å². The lowest BCUT2D eigenvalue weighted by atomic mass is 10.2. The van der Waals surface area contributed by atoms with Gasteiger partial charge in [0.25, 0.3) is 5.91 Å². The van der Waals surface area contributed by atoms with Crippen LogP contribution < -0.4 is 5.43 Å². The van der Waals surface area contributed by atoms with Gasteiger partial charge in [0, 0.05) is 9.13 Å². The molecular formula is C14H10IN3O. The average molecular weight is 363 g/mol. The molecule has 1 heterocycles. The molecule has 0 unspecified atom stereocenters. The largest absolute Gasteiger partial charge is 0.270 e. The highest BCUT2D eigenvalue weighted by Crippen LogP contribution is 2.12. The van der Waals surface area contributed by atoms with Gasteiger partial charge in [-0.05, 0) is 52.9 Å². The summed E-state index contributed by atoms with van der Waals surface area (Å²) in [6.45, 7) is 0. The number of amides is 1. The summed E-state index contributed by atoms with van der Waals surface area (Å²) in [5.41, 5.74) is 5.18. The second kappa shape index (κ2) is 5.00. The number of nitrogens with one attached hydrogen (secondary N) is 1. The summed E-state index contributed by atoms with van der Waals surface area (Å²) in [5, 5.41) is 0. The molecule has 0 spiro atoms. The quantitative estimate of drug-likeness (QED) is 0.712. The molecule has 3 aromatic rings. The molecule has 1 N–H and O–H groups in total. The number of carbonyl (C=O) groups is 1. The van der Waals surface area contributed by atoms with Crippen LogP contribution in [0.1, 0.15) is 10.4 Å². The number of halogens is 1. The molecule has 4 nitrogen and oxygen atoms in total. The second-order valence-electron chi connectivity index (χ2n) is 4.05. The molecule has 0 saturated carbocycles. The number of aromatic nitrogens is 2. The minimum Gasteiger partial charge on any atom is -0.267 e. The fraction of sp³-hybridized carbons (Fsp3) is 0. The van der Waals surface area contributed by atoms with E-state index >= 15 is 0 Å². The number of rotatable bonds is 2. The number of hydrogen-bond donors (Lipinski definition) is 1. The summed E-state index contributed by atoms with van der Waals surface area (Å²) in [7, 11) is 0. The predicted molar refractivity (Wildman–Crippen MR) is 82.6 cm³/mol. The van der Waals surface area contributed by atoms with Crippen LogP contribution in [0.25, 0.3) is 11.0 Å². The van der Waals surface area contributed by atoms with E-state index in [4.69, 9.17) is 0 Å². The van der Waals surface area contributed by atoms with Crippen molar-refractivity contribution in [2.75, 3.05) is 5.43 Å². The van der Waals surface area contributed by atoms with E-state index in [1.165, 1.54) is 0 Å². The molecule has 0 aliphatic rings. The Labute approximate surface area is 123 Å². The van der Waals surface area contributed by atoms with Crippen LogP contribution in [0, 0.1) is 3.57 Å². The molecule has 19 heavy (non-hydrogen) atoms. The number of nitrogens with zero attached hydrogens (tertiary/aromatic N) is 2. The van der Waals surface area contributed by atoms with Gasteiger partial charge in [-0.3, -0.25) is 10.2 Å². The number of hydrogen-bond acceptors (Lipinski definition) is 2. The van der Waals surface area contributed by atoms with Crippen LogP contribution in [-0.2, 0) is 0 Å². The maximum atomic E-state index is 12.1. The summed E-state index contributed by atoms with van der Waals surface area (Å²) < 4.78 is 2.66. The molecule has 0 aliphatic carbocycles. The highest BCUT2D eigenvalue weighted by Gasteiger charge is 2.08. The van der Waals surface area contributed by atoms with Gasteiger partial charge >= 0.3 is 0 Å². The third-order valence-electron chi connectivity index (χ3n) is 2.76. The van der Waals surface area contributed by atoms with Crippen molar-refractivity contribution in [2.24, 2.45) is 0 Å². The van der Waals surface area contributed by atoms with E-state index in [0.717, 1.165) is 14.6 Å². The van der Waals surface area contributed by atoms with Gasteiger partial charge in [-0.15, -0.1) is 0 Å². The summed E-state index contributed by atoms with van der Waals surface area (Å²) >= 11 is 2.18. The normalized spacial score (nSPS) is 10.6. The summed E-state index contributed by atoms with van der Waals surface area (Å²) in [6.07, 6.45) is 1.61. The summed E-state index contributed by atoms with van der Waals surface area (Å²) in [5.74, 6) is -0.151. The van der Waals surface area contributed by atoms with Crippen LogP contribution in [0.3, 0.4) is 0 Å². The van der Waals surface area contributed by atoms with Gasteiger partial charge in [0.2, 0.25) is 0 Å². The van der Waals surface area contributed by atoms with E-state index in [1.807, 2.05) is 42.5 Å². The van der Waals surface area contributed by atoms with Crippen molar-refractivity contribution >= 4 is 39.5 Å². The molecule has 0 fully saturated rings. The standard InChI is InChI=1S/C14H10IN3O/c15-11-5-3-4-10(8-11)14(19)17-18-9-16-12-6-1-2-7-13(12)18/h1-9H,(H,17,19). The third kappa shape index (κ3) is 2.46. The first kappa shape index (κ1) is 12.2. The van der Waals surface area contributed by atoms with Gasteiger partial charge in [-0.1, -0.05) is 18.2 Å². The third-order valence-corrected chi connectivity index (χ3v) is 3.43. The number of para-hydroxylation sites is 2. The molecule has 0 aliphatic heterocycles. The van der Waals surface area contributed by atoms with Gasteiger partial charge in [0.1, 0.15) is 6.33 Å². The highest BCUT2D eigenvalue weighted by molar-refractivity contribution is 14.1. The topological polar surface area (TPSA) is 46.9 Å². The first-order chi connectivity index (χ1) is 9.24. The van der Waals surface area contributed by atoms with Crippen LogP contribution in [0.5, 0.6) is 0 Å². The Morgan fingerprint density at radius 3 is 2.84 bits per heavy atom. The van der Waals surface area contributed by atoms with Gasteiger partial charge in [0.05, 0.1) is 11.0 Å². The lowest BCUT2D eigenvalue weighted by molar-refractivity contribution is 0.101. The van der Waals surface area contributed by atoms with E-state index in [-0.39, 0.29) is 5.91 Å². The Kier molecular flexibility index (Phi) is 3.20. The Balaban J connectivity index is 1.91. The maximum absolute atomic E-state index is 12.1. The van der Waals surface area contributed by atoms with Gasteiger partial charge in [0.15, 0.2) is 0 Å². The van der Waals surface area contributed by atoms with Crippen LogP contribution in [-0.4, -0.2) is 15.6 Å². The van der Waals surface area contributed by atoms with Crippen LogP contribution >= 0.6 is 22.6 Å². The Hall–Kier alpha value is -1.89. The highest BCUT2D eigenvalue weighted by atomic mass is 127. The molecule has 0 saturated heterocycles. The molecule has 1 aromatic heterocycles. The molecule has 3 rings (SSSR count). The van der Waals surface area contributed by atoms with E-state index in [2.05, 4.69) is 33.0 Å². The van der Waals surface area contributed by atoms with Crippen molar-refractivity contribution in [3.63, 3.8) is 0 Å². The van der Waals surface area contributed by atoms with E-state index in [0.29, 0.717) is 5.56 Å². The fourth-order valence-electron chi connectivity index (χ4n) is 1.85. The SMILES string of the molecule is O=C(Nn1cnc2ccccc21)c1cccc(I)c1. The lowest BCUT2D eigenvalue weighted by Gasteiger charge is -2.07. The Bertz CT molecular complexity index is 751. The summed E-state index contributed by atoms with van der Waals surface area (Å²) in [6, 6.07) is 15.1. The predicted octanol–water partition coefficient (Wildman–Crippen LogP) is 3.02. The number of benzene rings is 2. The maximum Gasteiger partial charge on any atom is 0.270 e. The van der Waals surface area contributed by atoms with E-state index < -0.39 is 0 Å². The summed E-state index contributed by atoms with van der Waals surface area (Å²) in [4.78, 5) is 16.4. The molecule has 0 bridgehead atoms. The van der Waals surface area contributed by atoms with E-state index in [9.17, 15) is 4.79 Å². The Morgan fingerprint density at radius 1 is 1.16 bits per heavy atom. The van der Waals surface area contributed by atoms with Crippen LogP contribution in [0.15, 0.2) is 54.9 Å². The second-order valence-corrected chi connectivity index (χ2v) is 5.30. The fourth-order valence-corrected chi connectivity index (χ4v) is 2.40. The zero-order chi connectivity index (χ0) is 13.2. The minimum atomic E-state index is -0.151. The first-order valence-corrected chi connectivity index (χ1v) is 6.81. The minimum absolute atomic E-state index is 0.151. The molecule has 2 aromatic carbocycles. The Morgan fingerprint density at radius 2 is 2.00 bits per heavy atom. The molecule has 5 heteroatoms. The number of fused-ring (bicyclic) bond motifs is 1. The van der Waals surface area contributed by atoms with Crippen molar-refractivity contribution in [3.8, 4) is 0 Å². The molecular weight excluding hydrogens is 353 g/mol. The molecule has 0 atom stereocenters. The zero-order valence-electron chi connectivity index (χ0n) is 9.88. The molecule has 94 valence electrons. The monoisotopic (exact) mass is 363 g/mol. The van der Waals surface area contributed by atoms with Crippen LogP contribution in [0.4, 0.5) is 0 Å². The van der Waals surface area contributed by atoms with Crippen molar-refractivity contribution in [1.82, 2.24) is 9.66 Å². The smallest absolute Gasteiger partial charge is 0.267 e. The van der Waals surface area contributed by atoms with Crippen molar-refractivity contribution in [3.05, 3.63) is 64.0 Å². The van der Waals surface area contributed by atoms with Crippen molar-refractivity contribution in [1.29, 1.82) is 0 Å². The molecule has 0 radical (unpaired) electrons. The van der Waals surface area contributed by atoms with Crippen LogP contribution in [0.2, 0.25) is 0 Å². The van der Waals surface area contributed by atoms with Crippen molar-refractivity contribution < 1.29 is 4.79 Å². The zero-order valence-corrected chi connectivity index (χ0v) is 12.0. The van der Waals surface area contributed by atoms with E-state index in [1.54, 1.807) is 17.1 Å². The van der Waals surface area contributed by atoms with Gasteiger partial charge in [-0.25, -0.2) is 9.66 Å². The number of imidazole rings is 1. The lowest BCUT2D eigenvalue weighted by Crippen LogP contribution is -2.22. The molecule has 1 amide bonds.